The van der Waals surface area contributed by atoms with Gasteiger partial charge in [0.1, 0.15) is 27.2 Å². The zero-order valence-corrected chi connectivity index (χ0v) is 28.7. The quantitative estimate of drug-likeness (QED) is 0.0578. The summed E-state index contributed by atoms with van der Waals surface area (Å²) in [5.41, 5.74) is 0.993. The second kappa shape index (κ2) is 16.1. The van der Waals surface area contributed by atoms with Gasteiger partial charge in [-0.1, -0.05) is 13.8 Å². The molecule has 2 heterocycles. The molecule has 17 heteroatoms. The molecule has 4 rings (SSSR count). The number of nitrogens with zero attached hydrogens (tertiary/aromatic N) is 3. The fourth-order valence-electron chi connectivity index (χ4n) is 4.32. The third-order valence-electron chi connectivity index (χ3n) is 6.39. The smallest absolute Gasteiger partial charge is 0.744 e. The predicted molar refractivity (Wildman–Crippen MR) is 168 cm³/mol. The van der Waals surface area contributed by atoms with E-state index in [2.05, 4.69) is 25.9 Å². The van der Waals surface area contributed by atoms with Gasteiger partial charge < -0.3 is 30.2 Å². The molecule has 0 fully saturated rings. The number of imidazole rings is 1. The first kappa shape index (κ1) is 35.9. The van der Waals surface area contributed by atoms with Crippen molar-refractivity contribution in [2.24, 2.45) is 0 Å². The molecular formula is C28H32N7NaO7S2. The van der Waals surface area contributed by atoms with Gasteiger partial charge in [-0.2, -0.15) is 0 Å². The van der Waals surface area contributed by atoms with Crippen molar-refractivity contribution in [3.05, 3.63) is 69.4 Å². The maximum absolute atomic E-state index is 13.0. The van der Waals surface area contributed by atoms with Crippen molar-refractivity contribution in [2.75, 3.05) is 25.0 Å². The van der Waals surface area contributed by atoms with Crippen molar-refractivity contribution in [3.8, 4) is 17.1 Å². The van der Waals surface area contributed by atoms with Crippen LogP contribution >= 0.6 is 12.2 Å². The van der Waals surface area contributed by atoms with E-state index < -0.39 is 15.7 Å². The number of aromatic amines is 1. The average Bonchev–Trinajstić information content (AvgIpc) is 3.44. The fourth-order valence-corrected chi connectivity index (χ4v) is 5.01. The summed E-state index contributed by atoms with van der Waals surface area (Å²) < 4.78 is 41.4. The largest absolute Gasteiger partial charge is 1.00 e. The molecule has 234 valence electrons. The molecule has 0 saturated carbocycles. The Morgan fingerprint density at radius 2 is 1.60 bits per heavy atom. The molecule has 0 bridgehead atoms. The minimum Gasteiger partial charge on any atom is -0.744 e. The number of thiocarbonyl (C=S) groups is 1. The fraction of sp³-hybridized carbons (Fsp3) is 0.321. The third-order valence-corrected chi connectivity index (χ3v) is 7.48. The number of rotatable bonds is 13. The summed E-state index contributed by atoms with van der Waals surface area (Å²) in [4.78, 5) is 45.4. The van der Waals surface area contributed by atoms with Gasteiger partial charge in [0.25, 0.3) is 11.5 Å². The van der Waals surface area contributed by atoms with Crippen LogP contribution in [0.3, 0.4) is 0 Å². The number of anilines is 1. The predicted octanol–water partition coefficient (Wildman–Crippen LogP) is -1.24. The van der Waals surface area contributed by atoms with Crippen LogP contribution in [-0.4, -0.2) is 62.8 Å². The molecule has 14 nitrogen and oxygen atoms in total. The van der Waals surface area contributed by atoms with E-state index in [0.29, 0.717) is 60.9 Å². The second-order valence-electron chi connectivity index (χ2n) is 9.70. The van der Waals surface area contributed by atoms with Crippen LogP contribution < -0.4 is 61.5 Å². The molecule has 45 heavy (non-hydrogen) atoms. The van der Waals surface area contributed by atoms with Gasteiger partial charge in [0.2, 0.25) is 0 Å². The molecule has 2 aromatic heterocycles. The Kier molecular flexibility index (Phi) is 12.9. The topological polar surface area (TPSA) is 192 Å². The van der Waals surface area contributed by atoms with Gasteiger partial charge in [0, 0.05) is 37.4 Å². The van der Waals surface area contributed by atoms with Crippen LogP contribution in [0.2, 0.25) is 0 Å². The summed E-state index contributed by atoms with van der Waals surface area (Å²) in [6.07, 6.45) is 1.36. The normalized spacial score (nSPS) is 11.1. The number of ether oxygens (including phenoxy) is 1. The van der Waals surface area contributed by atoms with Crippen LogP contribution in [0.25, 0.3) is 22.6 Å². The maximum Gasteiger partial charge on any atom is 1.00 e. The Labute approximate surface area is 286 Å². The Hall–Kier alpha value is -3.54. The zero-order chi connectivity index (χ0) is 31.9. The van der Waals surface area contributed by atoms with Crippen molar-refractivity contribution in [1.82, 2.24) is 29.7 Å². The number of fused-ring (bicyclic) bond motifs is 1. The van der Waals surface area contributed by atoms with E-state index in [-0.39, 0.29) is 69.8 Å². The number of carbonyl (C=O) groups is 1. The van der Waals surface area contributed by atoms with E-state index in [1.165, 1.54) is 33.4 Å². The van der Waals surface area contributed by atoms with E-state index in [9.17, 15) is 27.4 Å². The number of hydrogen-bond acceptors (Lipinski definition) is 9. The monoisotopic (exact) mass is 665 g/mol. The molecule has 0 aliphatic rings. The summed E-state index contributed by atoms with van der Waals surface area (Å²) >= 11 is 5.17. The molecular weight excluding hydrogens is 633 g/mol. The van der Waals surface area contributed by atoms with E-state index >= 15 is 0 Å². The van der Waals surface area contributed by atoms with Crippen molar-refractivity contribution in [1.29, 1.82) is 0 Å². The summed E-state index contributed by atoms with van der Waals surface area (Å²) in [6, 6.07) is 12.0. The minimum atomic E-state index is -4.52. The Balaban J connectivity index is 0.00000552. The van der Waals surface area contributed by atoms with Crippen LogP contribution in [0.1, 0.15) is 26.7 Å². The number of aryl methyl sites for hydroxylation is 1. The molecule has 1 amide bonds. The van der Waals surface area contributed by atoms with Gasteiger partial charge in [-0.05, 0) is 73.6 Å². The first-order chi connectivity index (χ1) is 21.0. The third kappa shape index (κ3) is 9.24. The summed E-state index contributed by atoms with van der Waals surface area (Å²) in [5, 5.41) is 8.69. The van der Waals surface area contributed by atoms with Crippen molar-refractivity contribution in [3.63, 3.8) is 0 Å². The molecule has 0 saturated heterocycles. The summed E-state index contributed by atoms with van der Waals surface area (Å²) in [6.45, 7) is 4.96. The van der Waals surface area contributed by atoms with Gasteiger partial charge >= 0.3 is 35.2 Å². The average molecular weight is 666 g/mol. The first-order valence-corrected chi connectivity index (χ1v) is 15.7. The van der Waals surface area contributed by atoms with Crippen LogP contribution in [0.5, 0.6) is 5.75 Å². The minimum absolute atomic E-state index is 0. The molecule has 0 spiro atoms. The Morgan fingerprint density at radius 3 is 2.22 bits per heavy atom. The molecule has 4 aromatic rings. The van der Waals surface area contributed by atoms with Crippen molar-refractivity contribution in [2.45, 2.75) is 44.7 Å². The van der Waals surface area contributed by atoms with E-state index in [1.54, 1.807) is 24.3 Å². The second-order valence-corrected chi connectivity index (χ2v) is 11.5. The number of benzene rings is 2. The molecule has 0 atom stereocenters. The van der Waals surface area contributed by atoms with E-state index in [1.807, 2.05) is 13.8 Å². The number of nitrogens with one attached hydrogen (secondary N) is 4. The van der Waals surface area contributed by atoms with Crippen LogP contribution in [0.4, 0.5) is 5.69 Å². The van der Waals surface area contributed by atoms with Gasteiger partial charge in [-0.3, -0.25) is 18.7 Å². The maximum atomic E-state index is 13.0. The van der Waals surface area contributed by atoms with Crippen molar-refractivity contribution >= 4 is 50.2 Å². The van der Waals surface area contributed by atoms with Crippen LogP contribution in [0.15, 0.2) is 63.0 Å². The van der Waals surface area contributed by atoms with Gasteiger partial charge in [-0.15, -0.1) is 0 Å². The molecule has 2 aromatic carbocycles. The van der Waals surface area contributed by atoms with Crippen LogP contribution in [0, 0.1) is 0 Å². The van der Waals surface area contributed by atoms with Gasteiger partial charge in [0.05, 0.1) is 4.90 Å². The molecule has 0 unspecified atom stereocenters. The number of H-pyrrole nitrogens is 1. The summed E-state index contributed by atoms with van der Waals surface area (Å²) in [7, 11) is -4.52. The molecule has 4 N–H and O–H groups in total. The number of carbonyl (C=O) groups excluding carboxylic acids is 1. The Bertz CT molecular complexity index is 1870. The van der Waals surface area contributed by atoms with Gasteiger partial charge in [-0.25, -0.2) is 18.2 Å². The zero-order valence-electron chi connectivity index (χ0n) is 25.1. The standard InChI is InChI=1S/C28H33N7O7S2.Na/c1-3-15-34-25-23(26(37)35(16-4-2)28(34)38)32-24(33-25)18-5-9-20(10-6-18)42-17-22(36)29-13-14-30-27(43)31-19-7-11-21(12-8-19)44(39,40)41;/h5-12H,3-4,13-17H2,1-2H3,(H,29,36)(H,32,33)(H2,30,31,43)(H,39,40,41);/q;+1/p-1. The molecule has 0 radical (unpaired) electrons. The first-order valence-electron chi connectivity index (χ1n) is 13.9. The van der Waals surface area contributed by atoms with Crippen molar-refractivity contribution < 1.29 is 52.1 Å². The van der Waals surface area contributed by atoms with E-state index in [0.717, 1.165) is 0 Å². The number of aromatic nitrogens is 4. The Morgan fingerprint density at radius 1 is 0.978 bits per heavy atom. The van der Waals surface area contributed by atoms with Gasteiger partial charge in [0.15, 0.2) is 17.4 Å². The summed E-state index contributed by atoms with van der Waals surface area (Å²) in [5.74, 6) is 0.540. The molecule has 0 aliphatic carbocycles. The van der Waals surface area contributed by atoms with E-state index in [4.69, 9.17) is 17.0 Å². The molecule has 0 aliphatic heterocycles. The number of hydrogen-bond donors (Lipinski definition) is 4. The number of amides is 1. The SMILES string of the molecule is CCCn1c(=O)c2[nH]c(-c3ccc(OCC(=O)NCCNC(=S)Nc4ccc(S(=O)(=O)[O-])cc4)cc3)nc2n(CCC)c1=O.[Na+]. The van der Waals surface area contributed by atoms with Crippen LogP contribution in [-0.2, 0) is 28.0 Å².